The van der Waals surface area contributed by atoms with E-state index in [1.807, 2.05) is 0 Å². The van der Waals surface area contributed by atoms with E-state index in [2.05, 4.69) is 32.2 Å². The molecule has 2 amide bonds. The van der Waals surface area contributed by atoms with Gasteiger partial charge in [-0.3, -0.25) is 5.10 Å². The summed E-state index contributed by atoms with van der Waals surface area (Å²) >= 11 is 0. The van der Waals surface area contributed by atoms with Crippen LogP contribution in [0.5, 0.6) is 0 Å². The number of aromatic nitrogens is 3. The van der Waals surface area contributed by atoms with Gasteiger partial charge >= 0.3 is 34.4 Å². The molecule has 0 saturated carbocycles. The van der Waals surface area contributed by atoms with Gasteiger partial charge in [-0.15, -0.1) is 10.9 Å². The predicted octanol–water partition coefficient (Wildman–Crippen LogP) is 0.227. The Morgan fingerprint density at radius 2 is 2.05 bits per heavy atom. The minimum absolute atomic E-state index is 0. The summed E-state index contributed by atoms with van der Waals surface area (Å²) in [7, 11) is 0. The van der Waals surface area contributed by atoms with Crippen molar-refractivity contribution in [2.24, 2.45) is 0 Å². The van der Waals surface area contributed by atoms with Crippen LogP contribution in [0.15, 0.2) is 30.3 Å². The number of urea groups is 1. The number of hydrogen-bond acceptors (Lipinski definition) is 4. The fraction of sp³-hybridized carbons (Fsp3) is 0.167. The van der Waals surface area contributed by atoms with Crippen LogP contribution < -0.4 is 10.6 Å². The first-order chi connectivity index (χ1) is 9.66. The van der Waals surface area contributed by atoms with E-state index in [1.54, 1.807) is 30.3 Å². The smallest absolute Gasteiger partial charge is 0.479 e. The largest absolute Gasteiger partial charge is 1.00 e. The molecule has 0 bridgehead atoms. The normalized spacial score (nSPS) is 11.0. The second-order valence-corrected chi connectivity index (χ2v) is 3.91. The Morgan fingerprint density at radius 1 is 1.33 bits per heavy atom. The van der Waals surface area contributed by atoms with Gasteiger partial charge in [0.2, 0.25) is 0 Å². The standard InChI is InChI=1S/C12H12N5O3.Au/c18-11(19)10(8-4-2-1-3-5-8)15-12(20)13-6-9-7-14-17-16-9;/h1-5,10H,6H2,(H,18,19)(H2,13,15,20)(H,14,16,17);/q-1;+1/t10-;/m1./s1. The van der Waals surface area contributed by atoms with Gasteiger partial charge in [0, 0.05) is 6.54 Å². The van der Waals surface area contributed by atoms with Crippen molar-refractivity contribution in [3.63, 3.8) is 0 Å². The van der Waals surface area contributed by atoms with Gasteiger partial charge in [-0.05, 0) is 5.56 Å². The monoisotopic (exact) mass is 471 g/mol. The quantitative estimate of drug-likeness (QED) is 0.368. The average Bonchev–Trinajstić information content (AvgIpc) is 2.96. The molecule has 0 aliphatic carbocycles. The van der Waals surface area contributed by atoms with Gasteiger partial charge in [-0.25, -0.2) is 9.59 Å². The van der Waals surface area contributed by atoms with Gasteiger partial charge in [0.05, 0.1) is 0 Å². The number of carboxylic acid groups (broad SMARTS) is 1. The predicted molar refractivity (Wildman–Crippen MR) is 67.4 cm³/mol. The molecule has 0 spiro atoms. The summed E-state index contributed by atoms with van der Waals surface area (Å²) in [5.74, 6) is -1.14. The number of carbonyl (C=O) groups excluding carboxylic acids is 1. The third kappa shape index (κ3) is 5.03. The minimum atomic E-state index is -1.14. The molecule has 9 heteroatoms. The van der Waals surface area contributed by atoms with Crippen molar-refractivity contribution in [3.05, 3.63) is 47.8 Å². The van der Waals surface area contributed by atoms with Crippen molar-refractivity contribution < 1.29 is 37.1 Å². The fourth-order valence-corrected chi connectivity index (χ4v) is 1.56. The molecule has 0 aliphatic heterocycles. The van der Waals surface area contributed by atoms with Gasteiger partial charge in [-0.1, -0.05) is 30.3 Å². The van der Waals surface area contributed by atoms with E-state index in [0.29, 0.717) is 11.3 Å². The number of aromatic amines is 1. The van der Waals surface area contributed by atoms with Gasteiger partial charge in [-0.2, -0.15) is 0 Å². The number of carbonyl (C=O) groups is 2. The number of hydrogen-bond donors (Lipinski definition) is 4. The summed E-state index contributed by atoms with van der Waals surface area (Å²) in [6.45, 7) is 0.125. The van der Waals surface area contributed by atoms with E-state index in [-0.39, 0.29) is 28.9 Å². The van der Waals surface area contributed by atoms with Crippen LogP contribution in [-0.2, 0) is 33.7 Å². The van der Waals surface area contributed by atoms with Crippen LogP contribution in [0.1, 0.15) is 17.3 Å². The number of nitrogens with one attached hydrogen (secondary N) is 3. The minimum Gasteiger partial charge on any atom is -0.479 e. The van der Waals surface area contributed by atoms with E-state index in [9.17, 15) is 9.59 Å². The molecule has 1 atom stereocenters. The summed E-state index contributed by atoms with van der Waals surface area (Å²) in [6.07, 6.45) is 2.52. The molecule has 2 aromatic rings. The Labute approximate surface area is 135 Å². The molecule has 0 fully saturated rings. The first kappa shape index (κ1) is 16.9. The van der Waals surface area contributed by atoms with Crippen LogP contribution in [0.4, 0.5) is 4.79 Å². The van der Waals surface area contributed by atoms with E-state index in [1.165, 1.54) is 0 Å². The van der Waals surface area contributed by atoms with Crippen molar-refractivity contribution in [2.75, 3.05) is 0 Å². The molecule has 1 aromatic heterocycles. The topological polar surface area (TPSA) is 120 Å². The molecule has 1 heterocycles. The zero-order valence-corrected chi connectivity index (χ0v) is 12.8. The molecular weight excluding hydrogens is 459 g/mol. The molecule has 0 unspecified atom stereocenters. The SMILES string of the molecule is O=C(NCc1[c-]nn[nH]1)N[C@@H](C(=O)O)c1ccccc1.[Au+]. The number of nitrogens with zero attached hydrogens (tertiary/aromatic N) is 2. The molecular formula is C12H12AuN5O3. The number of H-pyrrole nitrogens is 1. The van der Waals surface area contributed by atoms with Gasteiger partial charge in [0.1, 0.15) is 0 Å². The van der Waals surface area contributed by atoms with Gasteiger partial charge in [0.15, 0.2) is 6.04 Å². The third-order valence-electron chi connectivity index (χ3n) is 2.50. The van der Waals surface area contributed by atoms with Gasteiger partial charge in [0.25, 0.3) is 0 Å². The van der Waals surface area contributed by atoms with Crippen molar-refractivity contribution in [3.8, 4) is 0 Å². The molecule has 0 saturated heterocycles. The molecule has 21 heavy (non-hydrogen) atoms. The Bertz CT molecular complexity index is 576. The molecule has 0 radical (unpaired) electrons. The molecule has 8 nitrogen and oxygen atoms in total. The zero-order valence-electron chi connectivity index (χ0n) is 10.6. The maximum Gasteiger partial charge on any atom is 1.00 e. The fourth-order valence-electron chi connectivity index (χ4n) is 1.56. The molecule has 2 rings (SSSR count). The van der Waals surface area contributed by atoms with E-state index < -0.39 is 18.0 Å². The molecule has 1 aromatic carbocycles. The molecule has 114 valence electrons. The van der Waals surface area contributed by atoms with E-state index >= 15 is 0 Å². The van der Waals surface area contributed by atoms with Crippen LogP contribution in [0.2, 0.25) is 0 Å². The van der Waals surface area contributed by atoms with Crippen molar-refractivity contribution in [1.82, 2.24) is 26.0 Å². The van der Waals surface area contributed by atoms with Crippen LogP contribution in [0.3, 0.4) is 0 Å². The van der Waals surface area contributed by atoms with E-state index in [0.717, 1.165) is 0 Å². The summed E-state index contributed by atoms with van der Waals surface area (Å²) in [5.41, 5.74) is 0.983. The number of amides is 2. The first-order valence-corrected chi connectivity index (χ1v) is 5.76. The second-order valence-electron chi connectivity index (χ2n) is 3.91. The van der Waals surface area contributed by atoms with Crippen molar-refractivity contribution in [1.29, 1.82) is 0 Å². The summed E-state index contributed by atoms with van der Waals surface area (Å²) in [5, 5.41) is 23.4. The average molecular weight is 471 g/mol. The summed E-state index contributed by atoms with van der Waals surface area (Å²) < 4.78 is 0. The summed E-state index contributed by atoms with van der Waals surface area (Å²) in [6, 6.07) is 6.72. The van der Waals surface area contributed by atoms with Crippen molar-refractivity contribution in [2.45, 2.75) is 12.6 Å². The zero-order chi connectivity index (χ0) is 14.4. The summed E-state index contributed by atoms with van der Waals surface area (Å²) in [4.78, 5) is 22.9. The van der Waals surface area contributed by atoms with Crippen LogP contribution in [0.25, 0.3) is 0 Å². The first-order valence-electron chi connectivity index (χ1n) is 5.76. The van der Waals surface area contributed by atoms with Crippen LogP contribution >= 0.6 is 0 Å². The maximum atomic E-state index is 11.7. The second kappa shape index (κ2) is 8.20. The number of benzene rings is 1. The molecule has 4 N–H and O–H groups in total. The Balaban J connectivity index is 0.00000220. The number of carboxylic acids is 1. The number of rotatable bonds is 5. The maximum absolute atomic E-state index is 11.7. The Morgan fingerprint density at radius 3 is 2.62 bits per heavy atom. The number of aliphatic carboxylic acids is 1. The van der Waals surface area contributed by atoms with Crippen LogP contribution in [0, 0.1) is 6.20 Å². The van der Waals surface area contributed by atoms with Crippen LogP contribution in [-0.4, -0.2) is 32.5 Å². The Hall–Kier alpha value is -2.16. The van der Waals surface area contributed by atoms with Crippen molar-refractivity contribution >= 4 is 12.0 Å². The van der Waals surface area contributed by atoms with Gasteiger partial charge < -0.3 is 27.0 Å². The van der Waals surface area contributed by atoms with E-state index in [4.69, 9.17) is 5.11 Å². The molecule has 0 aliphatic rings. The Kier molecular flexibility index (Phi) is 6.60. The third-order valence-corrected chi connectivity index (χ3v) is 2.50.